The van der Waals surface area contributed by atoms with Crippen LogP contribution in [0, 0.1) is 18.6 Å². The minimum atomic E-state index is -0.911. The Hall–Kier alpha value is -1.35. The van der Waals surface area contributed by atoms with Crippen LogP contribution in [0.5, 0.6) is 0 Å². The van der Waals surface area contributed by atoms with E-state index in [2.05, 4.69) is 0 Å². The Bertz CT molecular complexity index is 507. The van der Waals surface area contributed by atoms with Crippen LogP contribution in [0.2, 0.25) is 0 Å². The zero-order chi connectivity index (χ0) is 11.7. The lowest BCUT2D eigenvalue weighted by Gasteiger charge is -2.07. The molecule has 0 amide bonds. The third kappa shape index (κ3) is 2.09. The Morgan fingerprint density at radius 1 is 1.12 bits per heavy atom. The van der Waals surface area contributed by atoms with Gasteiger partial charge in [0, 0.05) is 0 Å². The first kappa shape index (κ1) is 11.1. The smallest absolute Gasteiger partial charge is 0.159 e. The molecule has 0 aliphatic rings. The molecular formula is C12H9ClF2O. The Kier molecular flexibility index (Phi) is 2.97. The summed E-state index contributed by atoms with van der Waals surface area (Å²) in [6.45, 7) is 1.79. The number of aryl methyl sites for hydroxylation is 1. The van der Waals surface area contributed by atoms with Gasteiger partial charge in [-0.1, -0.05) is 6.07 Å². The van der Waals surface area contributed by atoms with Gasteiger partial charge in [0.05, 0.1) is 0 Å². The second-order valence-corrected chi connectivity index (χ2v) is 3.92. The number of benzene rings is 1. The van der Waals surface area contributed by atoms with Crippen molar-refractivity contribution >= 4 is 11.6 Å². The fourth-order valence-electron chi connectivity index (χ4n) is 1.42. The highest BCUT2D eigenvalue weighted by Gasteiger charge is 2.16. The first-order chi connectivity index (χ1) is 7.58. The summed E-state index contributed by atoms with van der Waals surface area (Å²) in [6, 6.07) is 7.05. The summed E-state index contributed by atoms with van der Waals surface area (Å²) in [4.78, 5) is 0. The molecular weight excluding hydrogens is 234 g/mol. The number of hydrogen-bond donors (Lipinski definition) is 0. The van der Waals surface area contributed by atoms with Crippen LogP contribution in [0.15, 0.2) is 34.7 Å². The van der Waals surface area contributed by atoms with E-state index in [0.717, 1.165) is 17.9 Å². The molecule has 0 fully saturated rings. The molecule has 0 spiro atoms. The van der Waals surface area contributed by atoms with Crippen LogP contribution in [0.3, 0.4) is 0 Å². The van der Waals surface area contributed by atoms with E-state index in [9.17, 15) is 8.78 Å². The molecule has 1 aromatic heterocycles. The molecule has 4 heteroatoms. The first-order valence-corrected chi connectivity index (χ1v) is 5.17. The molecule has 1 unspecified atom stereocenters. The third-order valence-corrected chi connectivity index (χ3v) is 2.71. The zero-order valence-electron chi connectivity index (χ0n) is 8.51. The third-order valence-electron chi connectivity index (χ3n) is 2.25. The Labute approximate surface area is 96.6 Å². The second kappa shape index (κ2) is 4.26. The largest absolute Gasteiger partial charge is 0.464 e. The van der Waals surface area contributed by atoms with Crippen LogP contribution in [-0.4, -0.2) is 0 Å². The summed E-state index contributed by atoms with van der Waals surface area (Å²) in [5, 5.41) is -0.608. The Morgan fingerprint density at radius 3 is 2.44 bits per heavy atom. The molecule has 0 saturated heterocycles. The van der Waals surface area contributed by atoms with Gasteiger partial charge in [0.25, 0.3) is 0 Å². The lowest BCUT2D eigenvalue weighted by Crippen LogP contribution is -1.94. The van der Waals surface area contributed by atoms with Gasteiger partial charge >= 0.3 is 0 Å². The predicted octanol–water partition coefficient (Wildman–Crippen LogP) is 4.19. The molecule has 1 heterocycles. The van der Waals surface area contributed by atoms with Crippen molar-refractivity contribution in [1.82, 2.24) is 0 Å². The molecule has 0 radical (unpaired) electrons. The fourth-order valence-corrected chi connectivity index (χ4v) is 1.68. The van der Waals surface area contributed by atoms with E-state index in [-0.39, 0.29) is 0 Å². The molecule has 1 nitrogen and oxygen atoms in total. The lowest BCUT2D eigenvalue weighted by atomic mass is 10.1. The second-order valence-electron chi connectivity index (χ2n) is 3.48. The summed E-state index contributed by atoms with van der Waals surface area (Å²) in [6.07, 6.45) is 0. The summed E-state index contributed by atoms with van der Waals surface area (Å²) in [5.41, 5.74) is 0.468. The standard InChI is InChI=1S/C12H9ClF2O/c1-7-2-5-11(16-7)12(13)8-3-4-9(14)10(15)6-8/h2-6,12H,1H3. The quantitative estimate of drug-likeness (QED) is 0.720. The van der Waals surface area contributed by atoms with Gasteiger partial charge in [0.15, 0.2) is 11.6 Å². The molecule has 0 aliphatic heterocycles. The van der Waals surface area contributed by atoms with Gasteiger partial charge in [0.1, 0.15) is 16.9 Å². The minimum absolute atomic E-state index is 0.468. The number of rotatable bonds is 2. The summed E-state index contributed by atoms with van der Waals surface area (Å²) >= 11 is 6.09. The van der Waals surface area contributed by atoms with Crippen molar-refractivity contribution < 1.29 is 13.2 Å². The van der Waals surface area contributed by atoms with Gasteiger partial charge in [-0.25, -0.2) is 8.78 Å². The number of furan rings is 1. The highest BCUT2D eigenvalue weighted by molar-refractivity contribution is 6.22. The van der Waals surface area contributed by atoms with Gasteiger partial charge < -0.3 is 4.42 Å². The molecule has 0 aliphatic carbocycles. The fraction of sp³-hybridized carbons (Fsp3) is 0.167. The van der Waals surface area contributed by atoms with Crippen molar-refractivity contribution in [3.63, 3.8) is 0 Å². The van der Waals surface area contributed by atoms with Gasteiger partial charge in [-0.2, -0.15) is 0 Å². The Balaban J connectivity index is 2.33. The monoisotopic (exact) mass is 242 g/mol. The van der Waals surface area contributed by atoms with Crippen LogP contribution in [0.25, 0.3) is 0 Å². The van der Waals surface area contributed by atoms with Crippen molar-refractivity contribution in [2.24, 2.45) is 0 Å². The topological polar surface area (TPSA) is 13.1 Å². The molecule has 0 N–H and O–H groups in total. The van der Waals surface area contributed by atoms with Crippen LogP contribution < -0.4 is 0 Å². The molecule has 0 bridgehead atoms. The maximum absolute atomic E-state index is 13.0. The molecule has 2 rings (SSSR count). The maximum Gasteiger partial charge on any atom is 0.159 e. The molecule has 0 saturated carbocycles. The summed E-state index contributed by atoms with van der Waals surface area (Å²) < 4.78 is 31.0. The van der Waals surface area contributed by atoms with Crippen molar-refractivity contribution in [3.05, 3.63) is 59.1 Å². The van der Waals surface area contributed by atoms with E-state index >= 15 is 0 Å². The summed E-state index contributed by atoms with van der Waals surface area (Å²) in [5.74, 6) is -0.553. The van der Waals surface area contributed by atoms with Crippen LogP contribution in [0.4, 0.5) is 8.78 Å². The van der Waals surface area contributed by atoms with Crippen LogP contribution >= 0.6 is 11.6 Å². The van der Waals surface area contributed by atoms with Crippen LogP contribution in [-0.2, 0) is 0 Å². The van der Waals surface area contributed by atoms with Crippen molar-refractivity contribution in [3.8, 4) is 0 Å². The predicted molar refractivity (Wildman–Crippen MR) is 57.5 cm³/mol. The van der Waals surface area contributed by atoms with E-state index in [4.69, 9.17) is 16.0 Å². The van der Waals surface area contributed by atoms with Gasteiger partial charge in [-0.05, 0) is 36.8 Å². The normalized spacial score (nSPS) is 12.8. The maximum atomic E-state index is 13.0. The molecule has 1 atom stereocenters. The molecule has 84 valence electrons. The van der Waals surface area contributed by atoms with E-state index < -0.39 is 17.0 Å². The van der Waals surface area contributed by atoms with Crippen molar-refractivity contribution in [2.75, 3.05) is 0 Å². The van der Waals surface area contributed by atoms with Gasteiger partial charge in [-0.3, -0.25) is 0 Å². The molecule has 1 aromatic carbocycles. The average Bonchev–Trinajstić information content (AvgIpc) is 2.68. The zero-order valence-corrected chi connectivity index (χ0v) is 9.26. The van der Waals surface area contributed by atoms with E-state index in [0.29, 0.717) is 11.3 Å². The van der Waals surface area contributed by atoms with E-state index in [1.807, 2.05) is 0 Å². The van der Waals surface area contributed by atoms with Crippen molar-refractivity contribution in [2.45, 2.75) is 12.3 Å². The highest BCUT2D eigenvalue weighted by Crippen LogP contribution is 2.30. The minimum Gasteiger partial charge on any atom is -0.464 e. The SMILES string of the molecule is Cc1ccc(C(Cl)c2ccc(F)c(F)c2)o1. The van der Waals surface area contributed by atoms with Gasteiger partial charge in [-0.15, -0.1) is 11.6 Å². The Morgan fingerprint density at radius 2 is 1.88 bits per heavy atom. The number of hydrogen-bond acceptors (Lipinski definition) is 1. The summed E-state index contributed by atoms with van der Waals surface area (Å²) in [7, 11) is 0. The van der Waals surface area contributed by atoms with Crippen LogP contribution in [0.1, 0.15) is 22.5 Å². The van der Waals surface area contributed by atoms with Crippen molar-refractivity contribution in [1.29, 1.82) is 0 Å². The molecule has 2 aromatic rings. The molecule has 16 heavy (non-hydrogen) atoms. The van der Waals surface area contributed by atoms with Gasteiger partial charge in [0.2, 0.25) is 0 Å². The highest BCUT2D eigenvalue weighted by atomic mass is 35.5. The van der Waals surface area contributed by atoms with E-state index in [1.54, 1.807) is 19.1 Å². The number of halogens is 3. The first-order valence-electron chi connectivity index (χ1n) is 4.73. The van der Waals surface area contributed by atoms with E-state index in [1.165, 1.54) is 6.07 Å². The lowest BCUT2D eigenvalue weighted by molar-refractivity contribution is 0.485. The average molecular weight is 243 g/mol. The number of alkyl halides is 1.